The number of nitrogens with one attached hydrogen (secondary N) is 1. The van der Waals surface area contributed by atoms with Crippen molar-refractivity contribution in [3.63, 3.8) is 0 Å². The van der Waals surface area contributed by atoms with Crippen LogP contribution in [0.15, 0.2) is 18.5 Å². The summed E-state index contributed by atoms with van der Waals surface area (Å²) in [5.74, 6) is 0. The summed E-state index contributed by atoms with van der Waals surface area (Å²) in [5.41, 5.74) is 1.96. The van der Waals surface area contributed by atoms with Crippen LogP contribution >= 0.6 is 0 Å². The second-order valence-corrected chi connectivity index (χ2v) is 2.51. The zero-order valence-electron chi connectivity index (χ0n) is 6.70. The number of hydrogen-bond acceptors (Lipinski definition) is 3. The summed E-state index contributed by atoms with van der Waals surface area (Å²) in [6.07, 6.45) is 2.93. The molecule has 1 aromatic heterocycles. The fourth-order valence-electron chi connectivity index (χ4n) is 0.860. The molecule has 0 radical (unpaired) electrons. The number of rotatable bonds is 2. The second-order valence-electron chi connectivity index (χ2n) is 2.51. The van der Waals surface area contributed by atoms with Gasteiger partial charge in [-0.05, 0) is 25.5 Å². The summed E-state index contributed by atoms with van der Waals surface area (Å²) in [7, 11) is 0. The van der Waals surface area contributed by atoms with Crippen molar-refractivity contribution in [1.29, 1.82) is 0 Å². The lowest BCUT2D eigenvalue weighted by Crippen LogP contribution is -2.14. The van der Waals surface area contributed by atoms with Crippen molar-refractivity contribution in [1.82, 2.24) is 4.98 Å². The first-order chi connectivity index (χ1) is 5.20. The van der Waals surface area contributed by atoms with E-state index in [0.29, 0.717) is 0 Å². The van der Waals surface area contributed by atoms with E-state index in [0.717, 1.165) is 11.3 Å². The fraction of sp³-hybridized carbons (Fsp3) is 0.375. The number of pyridine rings is 1. The van der Waals surface area contributed by atoms with Crippen LogP contribution in [0.1, 0.15) is 12.5 Å². The normalized spacial score (nSPS) is 12.6. The lowest BCUT2D eigenvalue weighted by atomic mass is 10.2. The molecule has 3 heteroatoms. The Labute approximate surface area is 66.1 Å². The predicted molar refractivity (Wildman–Crippen MR) is 44.3 cm³/mol. The number of nitrogens with zero attached hydrogens (tertiary/aromatic N) is 1. The van der Waals surface area contributed by atoms with Gasteiger partial charge in [-0.2, -0.15) is 0 Å². The van der Waals surface area contributed by atoms with Crippen LogP contribution in [0.25, 0.3) is 0 Å². The summed E-state index contributed by atoms with van der Waals surface area (Å²) >= 11 is 0. The Balaban J connectivity index is 2.78. The van der Waals surface area contributed by atoms with Gasteiger partial charge in [-0.25, -0.2) is 0 Å². The third kappa shape index (κ3) is 2.20. The van der Waals surface area contributed by atoms with Gasteiger partial charge in [-0.3, -0.25) is 4.98 Å². The smallest absolute Gasteiger partial charge is 0.121 e. The molecule has 1 heterocycles. The number of hydrogen-bond donors (Lipinski definition) is 2. The molecule has 0 saturated heterocycles. The zero-order chi connectivity index (χ0) is 8.27. The molecule has 0 spiro atoms. The molecule has 0 aliphatic heterocycles. The van der Waals surface area contributed by atoms with E-state index in [1.807, 2.05) is 13.0 Å². The number of aromatic nitrogens is 1. The molecule has 0 unspecified atom stereocenters. The first-order valence-electron chi connectivity index (χ1n) is 3.55. The van der Waals surface area contributed by atoms with Crippen LogP contribution in [-0.2, 0) is 0 Å². The van der Waals surface area contributed by atoms with Crippen molar-refractivity contribution in [3.05, 3.63) is 24.0 Å². The average Bonchev–Trinajstić information content (AvgIpc) is 1.93. The molecule has 1 atom stereocenters. The summed E-state index contributed by atoms with van der Waals surface area (Å²) < 4.78 is 0. The van der Waals surface area contributed by atoms with Crippen LogP contribution in [0.5, 0.6) is 0 Å². The van der Waals surface area contributed by atoms with E-state index in [9.17, 15) is 0 Å². The lowest BCUT2D eigenvalue weighted by molar-refractivity contribution is 0.224. The summed E-state index contributed by atoms with van der Waals surface area (Å²) in [6, 6.07) is 1.84. The average molecular weight is 152 g/mol. The molecule has 0 bridgehead atoms. The standard InChI is InChI=1S/C8H12N2O/c1-6-5-9-4-3-8(6)10-7(2)11/h3-5,7,11H,1-2H3,(H,9,10)/t7-/m0/s1. The van der Waals surface area contributed by atoms with Crippen LogP contribution in [0.3, 0.4) is 0 Å². The van der Waals surface area contributed by atoms with E-state index < -0.39 is 6.23 Å². The van der Waals surface area contributed by atoms with E-state index in [-0.39, 0.29) is 0 Å². The second kappa shape index (κ2) is 3.34. The highest BCUT2D eigenvalue weighted by atomic mass is 16.3. The molecule has 0 aromatic carbocycles. The maximum Gasteiger partial charge on any atom is 0.121 e. The minimum atomic E-state index is -0.518. The molecule has 0 aliphatic carbocycles. The summed E-state index contributed by atoms with van der Waals surface area (Å²) in [4.78, 5) is 3.93. The van der Waals surface area contributed by atoms with E-state index in [4.69, 9.17) is 5.11 Å². The van der Waals surface area contributed by atoms with E-state index in [2.05, 4.69) is 10.3 Å². The number of aliphatic hydroxyl groups excluding tert-OH is 1. The van der Waals surface area contributed by atoms with Crippen LogP contribution in [-0.4, -0.2) is 16.3 Å². The third-order valence-electron chi connectivity index (χ3n) is 1.38. The van der Waals surface area contributed by atoms with E-state index in [1.54, 1.807) is 19.3 Å². The highest BCUT2D eigenvalue weighted by Gasteiger charge is 1.98. The quantitative estimate of drug-likeness (QED) is 0.624. The van der Waals surface area contributed by atoms with Crippen molar-refractivity contribution in [3.8, 4) is 0 Å². The SMILES string of the molecule is Cc1cnccc1N[C@H](C)O. The Morgan fingerprint density at radius 2 is 2.36 bits per heavy atom. The molecule has 3 nitrogen and oxygen atoms in total. The molecule has 0 amide bonds. The molecule has 11 heavy (non-hydrogen) atoms. The molecule has 0 fully saturated rings. The Bertz CT molecular complexity index is 235. The molecule has 0 aliphatic rings. The van der Waals surface area contributed by atoms with Crippen molar-refractivity contribution in [2.45, 2.75) is 20.1 Å². The van der Waals surface area contributed by atoms with Crippen LogP contribution in [0, 0.1) is 6.92 Å². The van der Waals surface area contributed by atoms with Gasteiger partial charge in [-0.1, -0.05) is 0 Å². The monoisotopic (exact) mass is 152 g/mol. The molecular formula is C8H12N2O. The van der Waals surface area contributed by atoms with Gasteiger partial charge in [0.25, 0.3) is 0 Å². The first kappa shape index (κ1) is 8.01. The molecule has 2 N–H and O–H groups in total. The summed E-state index contributed by atoms with van der Waals surface area (Å²) in [5, 5.41) is 11.9. The van der Waals surface area contributed by atoms with Gasteiger partial charge in [0.15, 0.2) is 0 Å². The van der Waals surface area contributed by atoms with Gasteiger partial charge < -0.3 is 10.4 Å². The van der Waals surface area contributed by atoms with Gasteiger partial charge >= 0.3 is 0 Å². The van der Waals surface area contributed by atoms with Gasteiger partial charge in [0.2, 0.25) is 0 Å². The van der Waals surface area contributed by atoms with Crippen molar-refractivity contribution in [2.24, 2.45) is 0 Å². The minimum Gasteiger partial charge on any atom is -0.374 e. The summed E-state index contributed by atoms with van der Waals surface area (Å²) in [6.45, 7) is 3.62. The highest BCUT2D eigenvalue weighted by molar-refractivity contribution is 5.48. The first-order valence-corrected chi connectivity index (χ1v) is 3.55. The van der Waals surface area contributed by atoms with Gasteiger partial charge in [0.05, 0.1) is 0 Å². The van der Waals surface area contributed by atoms with Crippen LogP contribution < -0.4 is 5.32 Å². The number of anilines is 1. The Morgan fingerprint density at radius 1 is 1.64 bits per heavy atom. The van der Waals surface area contributed by atoms with Gasteiger partial charge in [0.1, 0.15) is 6.23 Å². The topological polar surface area (TPSA) is 45.2 Å². The van der Waals surface area contributed by atoms with Crippen LogP contribution in [0.2, 0.25) is 0 Å². The zero-order valence-corrected chi connectivity index (χ0v) is 6.70. The van der Waals surface area contributed by atoms with Gasteiger partial charge in [-0.15, -0.1) is 0 Å². The molecular weight excluding hydrogens is 140 g/mol. The number of aliphatic hydroxyl groups is 1. The third-order valence-corrected chi connectivity index (χ3v) is 1.38. The largest absolute Gasteiger partial charge is 0.374 e. The Morgan fingerprint density at radius 3 is 2.91 bits per heavy atom. The molecule has 1 rings (SSSR count). The fourth-order valence-corrected chi connectivity index (χ4v) is 0.860. The number of aryl methyl sites for hydroxylation is 1. The van der Waals surface area contributed by atoms with Crippen molar-refractivity contribution >= 4 is 5.69 Å². The molecule has 1 aromatic rings. The Kier molecular flexibility index (Phi) is 2.44. The minimum absolute atomic E-state index is 0.518. The van der Waals surface area contributed by atoms with Gasteiger partial charge in [0, 0.05) is 18.1 Å². The molecule has 0 saturated carbocycles. The Hall–Kier alpha value is -1.09. The van der Waals surface area contributed by atoms with Crippen LogP contribution in [0.4, 0.5) is 5.69 Å². The maximum atomic E-state index is 9.00. The van der Waals surface area contributed by atoms with Crippen molar-refractivity contribution < 1.29 is 5.11 Å². The highest BCUT2D eigenvalue weighted by Crippen LogP contribution is 2.11. The predicted octanol–water partition coefficient (Wildman–Crippen LogP) is 1.14. The van der Waals surface area contributed by atoms with E-state index >= 15 is 0 Å². The van der Waals surface area contributed by atoms with Crippen molar-refractivity contribution in [2.75, 3.05) is 5.32 Å². The van der Waals surface area contributed by atoms with E-state index in [1.165, 1.54) is 0 Å². The molecule has 60 valence electrons. The lowest BCUT2D eigenvalue weighted by Gasteiger charge is -2.10. The maximum absolute atomic E-state index is 9.00.